The zero-order valence-corrected chi connectivity index (χ0v) is 18.4. The van der Waals surface area contributed by atoms with Gasteiger partial charge in [0.25, 0.3) is 0 Å². The number of likely N-dealkylation sites (tertiary alicyclic amines) is 1. The Morgan fingerprint density at radius 1 is 1.13 bits per heavy atom. The van der Waals surface area contributed by atoms with E-state index < -0.39 is 6.04 Å². The van der Waals surface area contributed by atoms with Crippen LogP contribution in [-0.2, 0) is 25.5 Å². The average Bonchev–Trinajstić information content (AvgIpc) is 2.72. The fourth-order valence-corrected chi connectivity index (χ4v) is 3.75. The first-order valence-corrected chi connectivity index (χ1v) is 10.8. The van der Waals surface area contributed by atoms with E-state index >= 15 is 0 Å². The summed E-state index contributed by atoms with van der Waals surface area (Å²) in [5.41, 5.74) is 1.00. The Labute approximate surface area is 179 Å². The fraction of sp³-hybridized carbons (Fsp3) is 0.609. The number of carbonyl (C=O) groups excluding carboxylic acids is 3. The van der Waals surface area contributed by atoms with Crippen LogP contribution >= 0.6 is 0 Å². The quantitative estimate of drug-likeness (QED) is 0.568. The van der Waals surface area contributed by atoms with Crippen LogP contribution in [0.1, 0.15) is 38.7 Å². The maximum Gasteiger partial charge on any atom is 0.242 e. The molecule has 1 aliphatic heterocycles. The second kappa shape index (κ2) is 12.3. The number of nitrogens with one attached hydrogen (secondary N) is 2. The molecule has 0 radical (unpaired) electrons. The number of nitrogens with zero attached hydrogens (tertiary/aromatic N) is 1. The molecule has 3 amide bonds. The zero-order chi connectivity index (χ0) is 21.9. The van der Waals surface area contributed by atoms with Gasteiger partial charge in [0.15, 0.2) is 0 Å². The number of piperidine rings is 1. The lowest BCUT2D eigenvalue weighted by Gasteiger charge is -2.36. The van der Waals surface area contributed by atoms with E-state index in [2.05, 4.69) is 10.6 Å². The Kier molecular flexibility index (Phi) is 9.80. The van der Waals surface area contributed by atoms with Crippen LogP contribution in [-0.4, -0.2) is 62.0 Å². The van der Waals surface area contributed by atoms with Crippen molar-refractivity contribution in [2.75, 3.05) is 33.4 Å². The van der Waals surface area contributed by atoms with Crippen molar-refractivity contribution in [2.24, 2.45) is 11.8 Å². The second-order valence-electron chi connectivity index (χ2n) is 8.31. The van der Waals surface area contributed by atoms with Gasteiger partial charge in [-0.3, -0.25) is 14.4 Å². The normalized spacial score (nSPS) is 15.7. The Bertz CT molecular complexity index is 685. The molecule has 2 rings (SSSR count). The first-order chi connectivity index (χ1) is 14.4. The van der Waals surface area contributed by atoms with Gasteiger partial charge in [0.05, 0.1) is 13.0 Å². The highest BCUT2D eigenvalue weighted by molar-refractivity contribution is 5.88. The molecule has 2 N–H and O–H groups in total. The van der Waals surface area contributed by atoms with Crippen molar-refractivity contribution in [3.8, 4) is 0 Å². The standard InChI is InChI=1S/C23H35N3O4/c1-17(2)15-20(27)25-22(23(29)24-11-14-30-3)19-9-12-26(13-10-19)21(28)16-18-7-5-4-6-8-18/h4-8,17,19,22H,9-16H2,1-3H3,(H,24,29)(H,25,27). The molecular formula is C23H35N3O4. The summed E-state index contributed by atoms with van der Waals surface area (Å²) in [7, 11) is 1.58. The lowest BCUT2D eigenvalue weighted by atomic mass is 9.88. The van der Waals surface area contributed by atoms with Gasteiger partial charge in [0, 0.05) is 33.2 Å². The Morgan fingerprint density at radius 3 is 2.40 bits per heavy atom. The predicted octanol–water partition coefficient (Wildman–Crippen LogP) is 1.76. The number of amides is 3. The molecule has 7 heteroatoms. The first kappa shape index (κ1) is 23.9. The summed E-state index contributed by atoms with van der Waals surface area (Å²) in [5.74, 6) is 0.0337. The summed E-state index contributed by atoms with van der Waals surface area (Å²) in [5, 5.41) is 5.78. The minimum Gasteiger partial charge on any atom is -0.383 e. The van der Waals surface area contributed by atoms with Gasteiger partial charge in [-0.25, -0.2) is 0 Å². The van der Waals surface area contributed by atoms with Gasteiger partial charge in [-0.15, -0.1) is 0 Å². The summed E-state index contributed by atoms with van der Waals surface area (Å²) in [6.07, 6.45) is 2.14. The largest absolute Gasteiger partial charge is 0.383 e. The molecule has 1 fully saturated rings. The summed E-state index contributed by atoms with van der Waals surface area (Å²) in [6.45, 7) is 5.97. The van der Waals surface area contributed by atoms with Crippen molar-refractivity contribution in [3.63, 3.8) is 0 Å². The lowest BCUT2D eigenvalue weighted by Crippen LogP contribution is -2.54. The first-order valence-electron chi connectivity index (χ1n) is 10.8. The van der Waals surface area contributed by atoms with E-state index in [0.717, 1.165) is 5.56 Å². The molecule has 1 atom stereocenters. The molecule has 0 bridgehead atoms. The van der Waals surface area contributed by atoms with Gasteiger partial charge < -0.3 is 20.3 Å². The monoisotopic (exact) mass is 417 g/mol. The van der Waals surface area contributed by atoms with E-state index in [9.17, 15) is 14.4 Å². The number of hydrogen-bond donors (Lipinski definition) is 2. The number of rotatable bonds is 10. The summed E-state index contributed by atoms with van der Waals surface area (Å²) in [4.78, 5) is 39.5. The molecule has 1 heterocycles. The van der Waals surface area contributed by atoms with Crippen molar-refractivity contribution in [1.82, 2.24) is 15.5 Å². The number of carbonyl (C=O) groups is 3. The van der Waals surface area contributed by atoms with Crippen LogP contribution in [0.3, 0.4) is 0 Å². The van der Waals surface area contributed by atoms with Crippen molar-refractivity contribution in [3.05, 3.63) is 35.9 Å². The zero-order valence-electron chi connectivity index (χ0n) is 18.4. The summed E-state index contributed by atoms with van der Waals surface area (Å²) in [6, 6.07) is 9.12. The van der Waals surface area contributed by atoms with Crippen LogP contribution in [0.2, 0.25) is 0 Å². The third kappa shape index (κ3) is 7.78. The smallest absolute Gasteiger partial charge is 0.242 e. The molecule has 30 heavy (non-hydrogen) atoms. The molecule has 0 spiro atoms. The maximum absolute atomic E-state index is 12.7. The minimum absolute atomic E-state index is 0.00410. The third-order valence-electron chi connectivity index (χ3n) is 5.36. The van der Waals surface area contributed by atoms with Crippen LogP contribution in [0.4, 0.5) is 0 Å². The molecule has 0 aliphatic carbocycles. The summed E-state index contributed by atoms with van der Waals surface area (Å²) >= 11 is 0. The highest BCUT2D eigenvalue weighted by atomic mass is 16.5. The Hall–Kier alpha value is -2.41. The Balaban J connectivity index is 1.94. The van der Waals surface area contributed by atoms with E-state index in [1.54, 1.807) is 7.11 Å². The van der Waals surface area contributed by atoms with Crippen LogP contribution in [0, 0.1) is 11.8 Å². The summed E-state index contributed by atoms with van der Waals surface area (Å²) < 4.78 is 4.99. The number of hydrogen-bond acceptors (Lipinski definition) is 4. The molecule has 166 valence electrons. The highest BCUT2D eigenvalue weighted by Gasteiger charge is 2.33. The van der Waals surface area contributed by atoms with Gasteiger partial charge in [-0.05, 0) is 30.2 Å². The van der Waals surface area contributed by atoms with E-state index in [4.69, 9.17) is 4.74 Å². The molecule has 1 aromatic carbocycles. The number of methoxy groups -OCH3 is 1. The second-order valence-corrected chi connectivity index (χ2v) is 8.31. The van der Waals surface area contributed by atoms with Gasteiger partial charge >= 0.3 is 0 Å². The van der Waals surface area contributed by atoms with Gasteiger partial charge in [-0.1, -0.05) is 44.2 Å². The van der Waals surface area contributed by atoms with E-state index in [0.29, 0.717) is 51.9 Å². The van der Waals surface area contributed by atoms with Gasteiger partial charge in [0.1, 0.15) is 6.04 Å². The van der Waals surface area contributed by atoms with Crippen LogP contribution in [0.25, 0.3) is 0 Å². The molecule has 0 aromatic heterocycles. The van der Waals surface area contributed by atoms with Crippen LogP contribution in [0.5, 0.6) is 0 Å². The van der Waals surface area contributed by atoms with E-state index in [-0.39, 0.29) is 29.6 Å². The molecule has 1 aliphatic rings. The Morgan fingerprint density at radius 2 is 1.80 bits per heavy atom. The maximum atomic E-state index is 12.7. The van der Waals surface area contributed by atoms with E-state index in [1.807, 2.05) is 49.1 Å². The van der Waals surface area contributed by atoms with Crippen LogP contribution in [0.15, 0.2) is 30.3 Å². The van der Waals surface area contributed by atoms with Gasteiger partial charge in [0.2, 0.25) is 17.7 Å². The lowest BCUT2D eigenvalue weighted by molar-refractivity contribution is -0.134. The minimum atomic E-state index is -0.584. The molecule has 1 unspecified atom stereocenters. The average molecular weight is 418 g/mol. The van der Waals surface area contributed by atoms with E-state index in [1.165, 1.54) is 0 Å². The third-order valence-corrected chi connectivity index (χ3v) is 5.36. The molecule has 7 nitrogen and oxygen atoms in total. The fourth-order valence-electron chi connectivity index (χ4n) is 3.75. The topological polar surface area (TPSA) is 87.7 Å². The van der Waals surface area contributed by atoms with Crippen molar-refractivity contribution < 1.29 is 19.1 Å². The SMILES string of the molecule is COCCNC(=O)C(NC(=O)CC(C)C)C1CCN(C(=O)Cc2ccccc2)CC1. The molecule has 1 saturated heterocycles. The molecular weight excluding hydrogens is 382 g/mol. The van der Waals surface area contributed by atoms with Crippen LogP contribution < -0.4 is 10.6 Å². The number of ether oxygens (including phenoxy) is 1. The molecule has 1 aromatic rings. The highest BCUT2D eigenvalue weighted by Crippen LogP contribution is 2.22. The van der Waals surface area contributed by atoms with Gasteiger partial charge in [-0.2, -0.15) is 0 Å². The molecule has 0 saturated carbocycles. The van der Waals surface area contributed by atoms with Crippen molar-refractivity contribution in [1.29, 1.82) is 0 Å². The number of benzene rings is 1. The van der Waals surface area contributed by atoms with Crippen molar-refractivity contribution in [2.45, 2.75) is 45.6 Å². The van der Waals surface area contributed by atoms with Crippen molar-refractivity contribution >= 4 is 17.7 Å². The predicted molar refractivity (Wildman–Crippen MR) is 116 cm³/mol.